The standard InChI is InChI=1S/C17H25N3O3/c21-16(22)14-5-4-6-15(19-14)18-13-17(7-2-1-3-8-17)20-9-11-23-12-10-20/h4-6H,1-3,7-13H2,(H,18,19)(H,21,22). The number of carboxylic acids is 1. The summed E-state index contributed by atoms with van der Waals surface area (Å²) in [6.45, 7) is 4.36. The van der Waals surface area contributed by atoms with Crippen LogP contribution in [0.4, 0.5) is 5.82 Å². The molecule has 0 aromatic carbocycles. The van der Waals surface area contributed by atoms with Crippen LogP contribution in [0, 0.1) is 0 Å². The van der Waals surface area contributed by atoms with Gasteiger partial charge in [0.25, 0.3) is 0 Å². The summed E-state index contributed by atoms with van der Waals surface area (Å²) in [5.74, 6) is -0.350. The Balaban J connectivity index is 1.71. The Morgan fingerprint density at radius 3 is 2.70 bits per heavy atom. The van der Waals surface area contributed by atoms with E-state index in [-0.39, 0.29) is 11.2 Å². The van der Waals surface area contributed by atoms with Gasteiger partial charge in [-0.2, -0.15) is 0 Å². The van der Waals surface area contributed by atoms with Gasteiger partial charge in [0.1, 0.15) is 5.82 Å². The molecular weight excluding hydrogens is 294 g/mol. The molecule has 1 saturated heterocycles. The topological polar surface area (TPSA) is 74.7 Å². The monoisotopic (exact) mass is 319 g/mol. The molecule has 0 radical (unpaired) electrons. The molecule has 6 nitrogen and oxygen atoms in total. The van der Waals surface area contributed by atoms with Crippen LogP contribution in [-0.2, 0) is 4.74 Å². The first-order valence-corrected chi connectivity index (χ1v) is 8.47. The summed E-state index contributed by atoms with van der Waals surface area (Å²) in [5, 5.41) is 12.5. The van der Waals surface area contributed by atoms with Crippen LogP contribution in [0.3, 0.4) is 0 Å². The normalized spacial score (nSPS) is 21.7. The maximum Gasteiger partial charge on any atom is 0.354 e. The Morgan fingerprint density at radius 1 is 1.26 bits per heavy atom. The lowest BCUT2D eigenvalue weighted by Crippen LogP contribution is -2.58. The van der Waals surface area contributed by atoms with E-state index in [0.29, 0.717) is 5.82 Å². The van der Waals surface area contributed by atoms with Gasteiger partial charge >= 0.3 is 5.97 Å². The third kappa shape index (κ3) is 3.82. The Labute approximate surface area is 136 Å². The Kier molecular flexibility index (Phi) is 5.13. The minimum atomic E-state index is -0.991. The fraction of sp³-hybridized carbons (Fsp3) is 0.647. The highest BCUT2D eigenvalue weighted by Crippen LogP contribution is 2.34. The van der Waals surface area contributed by atoms with E-state index in [9.17, 15) is 4.79 Å². The number of nitrogens with one attached hydrogen (secondary N) is 1. The van der Waals surface area contributed by atoms with E-state index in [2.05, 4.69) is 15.2 Å². The average molecular weight is 319 g/mol. The first-order valence-electron chi connectivity index (χ1n) is 8.47. The van der Waals surface area contributed by atoms with Crippen LogP contribution in [0.1, 0.15) is 42.6 Å². The van der Waals surface area contributed by atoms with E-state index >= 15 is 0 Å². The molecule has 0 spiro atoms. The fourth-order valence-corrected chi connectivity index (χ4v) is 3.76. The molecule has 0 unspecified atom stereocenters. The molecule has 126 valence electrons. The van der Waals surface area contributed by atoms with Gasteiger partial charge < -0.3 is 15.2 Å². The molecule has 0 amide bonds. The number of hydrogen-bond acceptors (Lipinski definition) is 5. The molecule has 6 heteroatoms. The van der Waals surface area contributed by atoms with Crippen molar-refractivity contribution in [3.8, 4) is 0 Å². The van der Waals surface area contributed by atoms with Crippen molar-refractivity contribution in [3.63, 3.8) is 0 Å². The smallest absolute Gasteiger partial charge is 0.354 e. The van der Waals surface area contributed by atoms with Crippen molar-refractivity contribution in [3.05, 3.63) is 23.9 Å². The Hall–Kier alpha value is -1.66. The molecule has 1 aliphatic carbocycles. The SMILES string of the molecule is O=C(O)c1cccc(NCC2(N3CCOCC3)CCCCC2)n1. The third-order valence-corrected chi connectivity index (χ3v) is 5.03. The summed E-state index contributed by atoms with van der Waals surface area (Å²) < 4.78 is 5.50. The molecule has 2 fully saturated rings. The third-order valence-electron chi connectivity index (χ3n) is 5.03. The fourth-order valence-electron chi connectivity index (χ4n) is 3.76. The van der Waals surface area contributed by atoms with Crippen molar-refractivity contribution in [2.24, 2.45) is 0 Å². The van der Waals surface area contributed by atoms with Gasteiger partial charge in [-0.3, -0.25) is 4.90 Å². The second-order valence-electron chi connectivity index (χ2n) is 6.45. The van der Waals surface area contributed by atoms with E-state index in [1.807, 2.05) is 6.07 Å². The molecule has 1 saturated carbocycles. The number of aromatic carboxylic acids is 1. The highest BCUT2D eigenvalue weighted by atomic mass is 16.5. The highest BCUT2D eigenvalue weighted by Gasteiger charge is 2.38. The number of nitrogens with zero attached hydrogens (tertiary/aromatic N) is 2. The summed E-state index contributed by atoms with van der Waals surface area (Å²) in [6, 6.07) is 5.09. The lowest BCUT2D eigenvalue weighted by Gasteiger charge is -2.48. The van der Waals surface area contributed by atoms with E-state index < -0.39 is 5.97 Å². The lowest BCUT2D eigenvalue weighted by molar-refractivity contribution is -0.0318. The number of pyridine rings is 1. The molecule has 1 aliphatic heterocycles. The van der Waals surface area contributed by atoms with Crippen LogP contribution in [-0.4, -0.2) is 59.3 Å². The van der Waals surface area contributed by atoms with Gasteiger partial charge in [-0.25, -0.2) is 9.78 Å². The minimum Gasteiger partial charge on any atom is -0.477 e. The van der Waals surface area contributed by atoms with Crippen molar-refractivity contribution in [2.45, 2.75) is 37.6 Å². The molecule has 1 aromatic rings. The maximum absolute atomic E-state index is 11.1. The number of morpholine rings is 1. The number of anilines is 1. The van der Waals surface area contributed by atoms with Crippen LogP contribution >= 0.6 is 0 Å². The van der Waals surface area contributed by atoms with Gasteiger partial charge in [0.2, 0.25) is 0 Å². The van der Waals surface area contributed by atoms with Crippen molar-refractivity contribution in [1.29, 1.82) is 0 Å². The molecule has 23 heavy (non-hydrogen) atoms. The molecule has 3 rings (SSSR count). The first-order chi connectivity index (χ1) is 11.2. The number of ether oxygens (including phenoxy) is 1. The average Bonchev–Trinajstić information content (AvgIpc) is 2.62. The van der Waals surface area contributed by atoms with Crippen molar-refractivity contribution in [2.75, 3.05) is 38.2 Å². The number of rotatable bonds is 5. The molecule has 0 atom stereocenters. The Morgan fingerprint density at radius 2 is 2.00 bits per heavy atom. The summed E-state index contributed by atoms with van der Waals surface area (Å²) in [5.41, 5.74) is 0.224. The van der Waals surface area contributed by atoms with Crippen LogP contribution < -0.4 is 5.32 Å². The number of aromatic nitrogens is 1. The van der Waals surface area contributed by atoms with Gasteiger partial charge in [-0.15, -0.1) is 0 Å². The molecule has 0 bridgehead atoms. The first kappa shape index (κ1) is 16.2. The second-order valence-corrected chi connectivity index (χ2v) is 6.45. The number of carbonyl (C=O) groups is 1. The van der Waals surface area contributed by atoms with E-state index in [4.69, 9.17) is 9.84 Å². The molecule has 2 heterocycles. The molecule has 2 aliphatic rings. The zero-order valence-electron chi connectivity index (χ0n) is 13.5. The molecule has 2 N–H and O–H groups in total. The molecule has 1 aromatic heterocycles. The largest absolute Gasteiger partial charge is 0.477 e. The summed E-state index contributed by atoms with van der Waals surface area (Å²) >= 11 is 0. The predicted molar refractivity (Wildman–Crippen MR) is 87.9 cm³/mol. The lowest BCUT2D eigenvalue weighted by atomic mass is 9.79. The van der Waals surface area contributed by atoms with Crippen LogP contribution in [0.15, 0.2) is 18.2 Å². The van der Waals surface area contributed by atoms with Crippen LogP contribution in [0.2, 0.25) is 0 Å². The van der Waals surface area contributed by atoms with Gasteiger partial charge in [0, 0.05) is 25.2 Å². The number of carboxylic acid groups (broad SMARTS) is 1. The van der Waals surface area contributed by atoms with Gasteiger partial charge in [-0.05, 0) is 25.0 Å². The Bertz CT molecular complexity index is 538. The second kappa shape index (κ2) is 7.27. The zero-order chi connectivity index (χ0) is 16.1. The predicted octanol–water partition coefficient (Wildman–Crippen LogP) is 2.23. The quantitative estimate of drug-likeness (QED) is 0.867. The minimum absolute atomic E-state index is 0.0825. The summed E-state index contributed by atoms with van der Waals surface area (Å²) in [4.78, 5) is 17.8. The van der Waals surface area contributed by atoms with Crippen LogP contribution in [0.25, 0.3) is 0 Å². The van der Waals surface area contributed by atoms with Gasteiger partial charge in [-0.1, -0.05) is 25.3 Å². The highest BCUT2D eigenvalue weighted by molar-refractivity contribution is 5.85. The molecular formula is C17H25N3O3. The van der Waals surface area contributed by atoms with Crippen LogP contribution in [0.5, 0.6) is 0 Å². The maximum atomic E-state index is 11.1. The van der Waals surface area contributed by atoms with E-state index in [1.165, 1.54) is 38.2 Å². The zero-order valence-corrected chi connectivity index (χ0v) is 13.5. The van der Waals surface area contributed by atoms with E-state index in [0.717, 1.165) is 32.8 Å². The number of hydrogen-bond donors (Lipinski definition) is 2. The van der Waals surface area contributed by atoms with Crippen molar-refractivity contribution >= 4 is 11.8 Å². The van der Waals surface area contributed by atoms with Crippen molar-refractivity contribution < 1.29 is 14.6 Å². The summed E-state index contributed by atoms with van der Waals surface area (Å²) in [6.07, 6.45) is 6.17. The van der Waals surface area contributed by atoms with E-state index in [1.54, 1.807) is 6.07 Å². The summed E-state index contributed by atoms with van der Waals surface area (Å²) in [7, 11) is 0. The van der Waals surface area contributed by atoms with Gasteiger partial charge in [0.05, 0.1) is 13.2 Å². The van der Waals surface area contributed by atoms with Crippen molar-refractivity contribution in [1.82, 2.24) is 9.88 Å². The van der Waals surface area contributed by atoms with Gasteiger partial charge in [0.15, 0.2) is 5.69 Å².